The average Bonchev–Trinajstić information content (AvgIpc) is 3.20. The predicted octanol–water partition coefficient (Wildman–Crippen LogP) is 5.20. The minimum absolute atomic E-state index is 0.0623. The number of ketones is 2. The van der Waals surface area contributed by atoms with Crippen molar-refractivity contribution in [3.8, 4) is 11.5 Å². The van der Waals surface area contributed by atoms with Gasteiger partial charge in [0.25, 0.3) is 0 Å². The predicted molar refractivity (Wildman–Crippen MR) is 152 cm³/mol. The van der Waals surface area contributed by atoms with Crippen LogP contribution >= 0.6 is 0 Å². The second-order valence-electron chi connectivity index (χ2n) is 12.4. The van der Waals surface area contributed by atoms with E-state index in [-0.39, 0.29) is 35.6 Å². The van der Waals surface area contributed by atoms with Crippen LogP contribution in [-0.2, 0) is 25.8 Å². The van der Waals surface area contributed by atoms with Gasteiger partial charge in [0, 0.05) is 39.8 Å². The Hall–Kier alpha value is -4.26. The normalized spacial score (nSPS) is 25.9. The van der Waals surface area contributed by atoms with Crippen LogP contribution in [0.5, 0.6) is 11.5 Å². The Morgan fingerprint density at radius 2 is 1.71 bits per heavy atom. The van der Waals surface area contributed by atoms with Gasteiger partial charge in [-0.25, -0.2) is 0 Å². The van der Waals surface area contributed by atoms with Gasteiger partial charge in [-0.2, -0.15) is 0 Å². The molecule has 4 atom stereocenters. The maximum absolute atomic E-state index is 13.8. The third-order valence-corrected chi connectivity index (χ3v) is 8.79. The number of carbonyl (C=O) groups is 4. The molecule has 0 bridgehead atoms. The first-order chi connectivity index (χ1) is 19.5. The Kier molecular flexibility index (Phi) is 6.36. The molecule has 1 aliphatic heterocycles. The van der Waals surface area contributed by atoms with Crippen LogP contribution in [0, 0.1) is 17.8 Å². The van der Waals surface area contributed by atoms with E-state index in [0.717, 1.165) is 11.1 Å². The monoisotopic (exact) mass is 551 g/mol. The average molecular weight is 552 g/mol. The lowest BCUT2D eigenvalue weighted by Gasteiger charge is -2.42. The minimum Gasteiger partial charge on any atom is -0.507 e. The molecule has 0 spiro atoms. The van der Waals surface area contributed by atoms with Crippen molar-refractivity contribution < 1.29 is 29.0 Å². The van der Waals surface area contributed by atoms with Crippen molar-refractivity contribution in [3.05, 3.63) is 94.1 Å². The lowest BCUT2D eigenvalue weighted by atomic mass is 9.59. The molecule has 4 aliphatic rings. The molecular weight excluding hydrogens is 518 g/mol. The molecule has 1 saturated heterocycles. The molecule has 7 nitrogen and oxygen atoms in total. The van der Waals surface area contributed by atoms with E-state index in [1.54, 1.807) is 19.1 Å². The van der Waals surface area contributed by atoms with Gasteiger partial charge in [-0.1, -0.05) is 48.0 Å². The first-order valence-electron chi connectivity index (χ1n) is 14.0. The zero-order valence-electron chi connectivity index (χ0n) is 23.6. The Morgan fingerprint density at radius 3 is 2.39 bits per heavy atom. The molecule has 210 valence electrons. The molecule has 1 N–H and O–H groups in total. The van der Waals surface area contributed by atoms with Gasteiger partial charge in [0.05, 0.1) is 11.8 Å². The molecule has 6 rings (SSSR count). The summed E-state index contributed by atoms with van der Waals surface area (Å²) in [7, 11) is 0. The lowest BCUT2D eigenvalue weighted by molar-refractivity contribution is -0.145. The number of Topliss-reactive ketones (excluding diaryl/α,β-unsaturated/α-hetero) is 1. The summed E-state index contributed by atoms with van der Waals surface area (Å²) in [5.41, 5.74) is 2.67. The Labute approximate surface area is 239 Å². The van der Waals surface area contributed by atoms with Gasteiger partial charge in [-0.15, -0.1) is 0 Å². The second kappa shape index (κ2) is 9.68. The number of hydrogen-bond donors (Lipinski definition) is 1. The number of aromatic hydroxyl groups is 1. The second-order valence-corrected chi connectivity index (χ2v) is 12.4. The molecule has 7 heteroatoms. The fraction of sp³-hybridized carbons (Fsp3) is 0.353. The van der Waals surface area contributed by atoms with Crippen LogP contribution in [0.4, 0.5) is 0 Å². The van der Waals surface area contributed by atoms with E-state index in [9.17, 15) is 24.3 Å². The largest absolute Gasteiger partial charge is 0.507 e. The summed E-state index contributed by atoms with van der Waals surface area (Å²) in [6.45, 7) is 7.48. The first kappa shape index (κ1) is 26.9. The molecule has 0 radical (unpaired) electrons. The fourth-order valence-corrected chi connectivity index (χ4v) is 7.00. The van der Waals surface area contributed by atoms with Crippen molar-refractivity contribution in [1.82, 2.24) is 4.90 Å². The Balaban J connectivity index is 1.42. The number of benzene rings is 2. The van der Waals surface area contributed by atoms with E-state index in [1.807, 2.05) is 57.2 Å². The van der Waals surface area contributed by atoms with Gasteiger partial charge >= 0.3 is 0 Å². The number of hydrogen-bond acceptors (Lipinski definition) is 6. The third-order valence-electron chi connectivity index (χ3n) is 8.79. The summed E-state index contributed by atoms with van der Waals surface area (Å²) in [6.07, 6.45) is 3.90. The number of amides is 2. The van der Waals surface area contributed by atoms with E-state index in [0.29, 0.717) is 41.1 Å². The van der Waals surface area contributed by atoms with Gasteiger partial charge in [0.2, 0.25) is 11.8 Å². The smallest absolute Gasteiger partial charge is 0.234 e. The highest BCUT2D eigenvalue weighted by atomic mass is 16.5. The van der Waals surface area contributed by atoms with Crippen LogP contribution in [0.25, 0.3) is 0 Å². The zero-order chi connectivity index (χ0) is 29.2. The molecule has 1 fully saturated rings. The van der Waals surface area contributed by atoms with Crippen LogP contribution in [-0.4, -0.2) is 38.9 Å². The number of likely N-dealkylation sites (tertiary alicyclic amines) is 1. The lowest BCUT2D eigenvalue weighted by Crippen LogP contribution is -2.46. The maximum atomic E-state index is 13.8. The van der Waals surface area contributed by atoms with Crippen LogP contribution in [0.2, 0.25) is 0 Å². The van der Waals surface area contributed by atoms with Crippen molar-refractivity contribution in [1.29, 1.82) is 0 Å². The highest BCUT2D eigenvalue weighted by Gasteiger charge is 2.58. The van der Waals surface area contributed by atoms with Gasteiger partial charge in [0.15, 0.2) is 11.6 Å². The van der Waals surface area contributed by atoms with E-state index < -0.39 is 29.2 Å². The number of phenols is 1. The number of carbonyl (C=O) groups excluding carboxylic acids is 4. The van der Waals surface area contributed by atoms with Crippen LogP contribution in [0.15, 0.2) is 83.0 Å². The maximum Gasteiger partial charge on any atom is 0.234 e. The van der Waals surface area contributed by atoms with Crippen LogP contribution in [0.1, 0.15) is 57.6 Å². The summed E-state index contributed by atoms with van der Waals surface area (Å²) >= 11 is 0. The minimum atomic E-state index is -0.708. The van der Waals surface area contributed by atoms with Crippen LogP contribution in [0.3, 0.4) is 0 Å². The summed E-state index contributed by atoms with van der Waals surface area (Å²) < 4.78 is 5.90. The van der Waals surface area contributed by atoms with Crippen LogP contribution < -0.4 is 4.74 Å². The van der Waals surface area contributed by atoms with E-state index in [4.69, 9.17) is 4.74 Å². The molecule has 41 heavy (non-hydrogen) atoms. The van der Waals surface area contributed by atoms with Crippen molar-refractivity contribution >= 4 is 23.4 Å². The van der Waals surface area contributed by atoms with Gasteiger partial charge in [-0.3, -0.25) is 24.1 Å². The van der Waals surface area contributed by atoms with Gasteiger partial charge in [-0.05, 0) is 64.2 Å². The number of rotatable bonds is 4. The SMILES string of the molecule is CC1=CC(=O)C2=C(CC3C(=CCC4C(=O)N(C(C)(C)C)C(=O)C43)C2c2ccc(OCc3ccccc3)cc2O)C1=O. The third kappa shape index (κ3) is 4.35. The first-order valence-corrected chi connectivity index (χ1v) is 14.0. The number of phenolic OH excluding ortho intramolecular Hbond substituents is 1. The summed E-state index contributed by atoms with van der Waals surface area (Å²) in [5, 5.41) is 11.3. The molecule has 0 aromatic heterocycles. The summed E-state index contributed by atoms with van der Waals surface area (Å²) in [5.74, 6) is -2.78. The number of nitrogens with zero attached hydrogens (tertiary/aromatic N) is 1. The Morgan fingerprint density at radius 1 is 0.976 bits per heavy atom. The molecule has 2 aromatic carbocycles. The molecular formula is C34H33NO6. The molecule has 2 amide bonds. The van der Waals surface area contributed by atoms with Crippen molar-refractivity contribution in [2.24, 2.45) is 17.8 Å². The highest BCUT2D eigenvalue weighted by Crippen LogP contribution is 2.56. The van der Waals surface area contributed by atoms with Crippen molar-refractivity contribution in [2.45, 2.75) is 58.6 Å². The molecule has 0 saturated carbocycles. The zero-order valence-corrected chi connectivity index (χ0v) is 23.6. The van der Waals surface area contributed by atoms with E-state index in [1.165, 1.54) is 17.0 Å². The van der Waals surface area contributed by atoms with Crippen molar-refractivity contribution in [3.63, 3.8) is 0 Å². The topological polar surface area (TPSA) is 101 Å². The number of allylic oxidation sites excluding steroid dienone is 6. The molecule has 3 aliphatic carbocycles. The van der Waals surface area contributed by atoms with E-state index in [2.05, 4.69) is 0 Å². The number of fused-ring (bicyclic) bond motifs is 3. The highest BCUT2D eigenvalue weighted by molar-refractivity contribution is 6.23. The quantitative estimate of drug-likeness (QED) is 0.319. The number of ether oxygens (including phenoxy) is 1. The standard InChI is InChI=1S/C34H33NO6/c1-18-14-27(37)30-25(31(18)38)16-24-21(12-13-23-29(24)33(40)35(32(23)39)34(2,3)4)28(30)22-11-10-20(15-26(22)36)41-17-19-8-6-5-7-9-19/h5-12,14-15,23-24,28-29,36H,13,16-17H2,1-4H3. The van der Waals surface area contributed by atoms with Crippen molar-refractivity contribution in [2.75, 3.05) is 0 Å². The van der Waals surface area contributed by atoms with Gasteiger partial charge < -0.3 is 9.84 Å². The molecule has 2 aromatic rings. The number of imide groups is 1. The molecule has 4 unspecified atom stereocenters. The molecule has 1 heterocycles. The summed E-state index contributed by atoms with van der Waals surface area (Å²) in [4.78, 5) is 55.5. The fourth-order valence-electron chi connectivity index (χ4n) is 7.00. The Bertz CT molecular complexity index is 1590. The summed E-state index contributed by atoms with van der Waals surface area (Å²) in [6, 6.07) is 14.7. The van der Waals surface area contributed by atoms with Gasteiger partial charge in [0.1, 0.15) is 18.1 Å². The van der Waals surface area contributed by atoms with E-state index >= 15 is 0 Å².